The molecule has 0 atom stereocenters. The normalized spacial score (nSPS) is 12.1. The number of aryl methyl sites for hydroxylation is 1. The highest BCUT2D eigenvalue weighted by molar-refractivity contribution is 6.45. The number of oxime groups is 2. The fourth-order valence-electron chi connectivity index (χ4n) is 2.67. The third kappa shape index (κ3) is 5.34. The Bertz CT molecular complexity index is 930. The molecule has 0 fully saturated rings. The van der Waals surface area contributed by atoms with Crippen molar-refractivity contribution in [2.45, 2.75) is 26.9 Å². The van der Waals surface area contributed by atoms with E-state index >= 15 is 0 Å². The molecule has 154 valence electrons. The molecular weight excluding hydrogens is 382 g/mol. The summed E-state index contributed by atoms with van der Waals surface area (Å²) in [5.74, 6) is -0.423. The quantitative estimate of drug-likeness (QED) is 0.540. The molecule has 0 aliphatic carbocycles. The van der Waals surface area contributed by atoms with Crippen LogP contribution in [0.5, 0.6) is 0 Å². The van der Waals surface area contributed by atoms with Gasteiger partial charge in [0, 0.05) is 29.9 Å². The molecule has 2 rings (SSSR count). The highest BCUT2D eigenvalue weighted by atomic mass is 19.3. The van der Waals surface area contributed by atoms with Gasteiger partial charge >= 0.3 is 0 Å². The lowest BCUT2D eigenvalue weighted by Crippen LogP contribution is -2.29. The van der Waals surface area contributed by atoms with Crippen LogP contribution in [0, 0.1) is 6.92 Å². The van der Waals surface area contributed by atoms with Crippen molar-refractivity contribution in [3.05, 3.63) is 64.5 Å². The van der Waals surface area contributed by atoms with Crippen LogP contribution in [-0.4, -0.2) is 36.5 Å². The van der Waals surface area contributed by atoms with Gasteiger partial charge in [-0.05, 0) is 31.5 Å². The Morgan fingerprint density at radius 3 is 2.66 bits per heavy atom. The standard InChI is InChI=1S/C20H22F2N4O3/c1-12-7-5-8-14(18(26-28-4)20(27)23-3)16(12)11-29-25-13(2)17-15(19(21)22)9-6-10-24-17/h5-10,19H,11H2,1-4H3,(H,23,27)/b25-13+,26-18+. The minimum Gasteiger partial charge on any atom is -0.398 e. The fraction of sp³-hybridized carbons (Fsp3) is 0.300. The van der Waals surface area contributed by atoms with Crippen molar-refractivity contribution in [3.8, 4) is 0 Å². The van der Waals surface area contributed by atoms with Gasteiger partial charge in [0.25, 0.3) is 12.3 Å². The molecule has 1 aromatic carbocycles. The molecule has 0 spiro atoms. The average Bonchev–Trinajstić information content (AvgIpc) is 2.72. The van der Waals surface area contributed by atoms with Gasteiger partial charge in [-0.2, -0.15) is 0 Å². The van der Waals surface area contributed by atoms with Crippen LogP contribution in [0.25, 0.3) is 0 Å². The van der Waals surface area contributed by atoms with Crippen LogP contribution in [0.15, 0.2) is 46.8 Å². The molecule has 7 nitrogen and oxygen atoms in total. The van der Waals surface area contributed by atoms with Gasteiger partial charge < -0.3 is 15.0 Å². The molecule has 2 aromatic rings. The van der Waals surface area contributed by atoms with Crippen molar-refractivity contribution >= 4 is 17.3 Å². The van der Waals surface area contributed by atoms with Crippen LogP contribution in [0.4, 0.5) is 8.78 Å². The molecule has 1 amide bonds. The zero-order valence-electron chi connectivity index (χ0n) is 16.6. The molecule has 0 saturated heterocycles. The van der Waals surface area contributed by atoms with E-state index < -0.39 is 12.3 Å². The van der Waals surface area contributed by atoms with Crippen LogP contribution in [0.1, 0.15) is 41.3 Å². The van der Waals surface area contributed by atoms with E-state index in [-0.39, 0.29) is 29.3 Å². The first kappa shape index (κ1) is 21.9. The Morgan fingerprint density at radius 1 is 1.24 bits per heavy atom. The molecule has 1 N–H and O–H groups in total. The number of aromatic nitrogens is 1. The van der Waals surface area contributed by atoms with E-state index in [9.17, 15) is 13.6 Å². The van der Waals surface area contributed by atoms with Gasteiger partial charge in [-0.3, -0.25) is 9.78 Å². The Morgan fingerprint density at radius 2 is 2.00 bits per heavy atom. The molecule has 0 aliphatic heterocycles. The van der Waals surface area contributed by atoms with Crippen LogP contribution < -0.4 is 5.32 Å². The number of pyridine rings is 1. The third-order valence-electron chi connectivity index (χ3n) is 4.12. The highest BCUT2D eigenvalue weighted by Crippen LogP contribution is 2.22. The van der Waals surface area contributed by atoms with E-state index in [1.807, 2.05) is 13.0 Å². The SMILES string of the molecule is CNC(=O)/C(=N/OC)c1cccc(C)c1CO/N=C(\C)c1ncccc1C(F)F. The Hall–Kier alpha value is -3.36. The molecule has 29 heavy (non-hydrogen) atoms. The lowest BCUT2D eigenvalue weighted by Gasteiger charge is -2.13. The number of likely N-dealkylation sites (N-methyl/N-ethyl adjacent to an activating group) is 1. The number of alkyl halides is 2. The van der Waals surface area contributed by atoms with E-state index in [0.29, 0.717) is 11.1 Å². The zero-order valence-corrected chi connectivity index (χ0v) is 16.6. The molecular formula is C20H22F2N4O3. The molecule has 0 radical (unpaired) electrons. The maximum Gasteiger partial charge on any atom is 0.273 e. The van der Waals surface area contributed by atoms with Crippen LogP contribution >= 0.6 is 0 Å². The summed E-state index contributed by atoms with van der Waals surface area (Å²) in [6, 6.07) is 8.07. The third-order valence-corrected chi connectivity index (χ3v) is 4.12. The Balaban J connectivity index is 2.31. The number of benzene rings is 1. The first-order valence-corrected chi connectivity index (χ1v) is 8.72. The van der Waals surface area contributed by atoms with Crippen LogP contribution in [0.3, 0.4) is 0 Å². The summed E-state index contributed by atoms with van der Waals surface area (Å²) in [5, 5.41) is 10.3. The van der Waals surface area contributed by atoms with Gasteiger partial charge in [-0.1, -0.05) is 28.5 Å². The van der Waals surface area contributed by atoms with Gasteiger partial charge in [0.1, 0.15) is 19.4 Å². The van der Waals surface area contributed by atoms with Crippen molar-refractivity contribution in [3.63, 3.8) is 0 Å². The molecule has 1 aromatic heterocycles. The summed E-state index contributed by atoms with van der Waals surface area (Å²) in [5.41, 5.74) is 2.18. The maximum atomic E-state index is 13.2. The van der Waals surface area contributed by atoms with Gasteiger partial charge in [0.05, 0.1) is 5.69 Å². The molecule has 0 aliphatic rings. The van der Waals surface area contributed by atoms with Crippen LogP contribution in [0.2, 0.25) is 0 Å². The molecule has 9 heteroatoms. The minimum absolute atomic E-state index is 0.00405. The van der Waals surface area contributed by atoms with Crippen molar-refractivity contribution in [2.24, 2.45) is 10.3 Å². The maximum absolute atomic E-state index is 13.2. The van der Waals surface area contributed by atoms with Gasteiger partial charge in [-0.25, -0.2) is 8.78 Å². The lowest BCUT2D eigenvalue weighted by atomic mass is 9.98. The summed E-state index contributed by atoms with van der Waals surface area (Å²) in [6.07, 6.45) is -1.26. The number of hydrogen-bond donors (Lipinski definition) is 1. The predicted octanol–water partition coefficient (Wildman–Crippen LogP) is 3.36. The van der Waals surface area contributed by atoms with E-state index in [4.69, 9.17) is 9.68 Å². The molecule has 0 bridgehead atoms. The number of nitrogens with zero attached hydrogens (tertiary/aromatic N) is 3. The first-order valence-electron chi connectivity index (χ1n) is 8.72. The Labute approximate surface area is 167 Å². The smallest absolute Gasteiger partial charge is 0.273 e. The number of carbonyl (C=O) groups is 1. The number of amides is 1. The van der Waals surface area contributed by atoms with E-state index in [2.05, 4.69) is 20.6 Å². The fourth-order valence-corrected chi connectivity index (χ4v) is 2.67. The largest absolute Gasteiger partial charge is 0.398 e. The first-order chi connectivity index (χ1) is 13.9. The second-order valence-electron chi connectivity index (χ2n) is 5.99. The Kier molecular flexibility index (Phi) is 7.76. The van der Waals surface area contributed by atoms with Crippen molar-refractivity contribution in [2.75, 3.05) is 14.2 Å². The predicted molar refractivity (Wildman–Crippen MR) is 105 cm³/mol. The lowest BCUT2D eigenvalue weighted by molar-refractivity contribution is -0.114. The van der Waals surface area contributed by atoms with Gasteiger partial charge in [0.2, 0.25) is 0 Å². The van der Waals surface area contributed by atoms with Gasteiger partial charge in [0.15, 0.2) is 5.71 Å². The highest BCUT2D eigenvalue weighted by Gasteiger charge is 2.19. The number of halogens is 2. The second-order valence-corrected chi connectivity index (χ2v) is 5.99. The average molecular weight is 404 g/mol. The number of hydrogen-bond acceptors (Lipinski definition) is 6. The van der Waals surface area contributed by atoms with E-state index in [1.54, 1.807) is 12.1 Å². The monoisotopic (exact) mass is 404 g/mol. The van der Waals surface area contributed by atoms with Crippen molar-refractivity contribution < 1.29 is 23.3 Å². The number of carbonyl (C=O) groups excluding carboxylic acids is 1. The van der Waals surface area contributed by atoms with E-state index in [1.165, 1.54) is 39.4 Å². The summed E-state index contributed by atoms with van der Waals surface area (Å²) in [4.78, 5) is 26.3. The number of rotatable bonds is 8. The van der Waals surface area contributed by atoms with Crippen molar-refractivity contribution in [1.29, 1.82) is 0 Å². The summed E-state index contributed by atoms with van der Waals surface area (Å²) in [6.45, 7) is 3.38. The minimum atomic E-state index is -2.67. The van der Waals surface area contributed by atoms with Crippen molar-refractivity contribution in [1.82, 2.24) is 10.3 Å². The topological polar surface area (TPSA) is 85.2 Å². The summed E-state index contributed by atoms with van der Waals surface area (Å²) in [7, 11) is 2.83. The molecule has 1 heterocycles. The van der Waals surface area contributed by atoms with Gasteiger partial charge in [-0.15, -0.1) is 0 Å². The molecule has 0 unspecified atom stereocenters. The van der Waals surface area contributed by atoms with Crippen LogP contribution in [-0.2, 0) is 21.1 Å². The number of nitrogens with one attached hydrogen (secondary N) is 1. The second kappa shape index (κ2) is 10.3. The summed E-state index contributed by atoms with van der Waals surface area (Å²) < 4.78 is 26.3. The van der Waals surface area contributed by atoms with E-state index in [0.717, 1.165) is 5.56 Å². The summed E-state index contributed by atoms with van der Waals surface area (Å²) >= 11 is 0. The molecule has 0 saturated carbocycles. The zero-order chi connectivity index (χ0) is 21.4.